The first-order valence-electron chi connectivity index (χ1n) is 6.13. The molecule has 110 valence electrons. The zero-order valence-electron chi connectivity index (χ0n) is 11.2. The van der Waals surface area contributed by atoms with E-state index in [1.54, 1.807) is 19.1 Å². The Bertz CT molecular complexity index is 565. The zero-order valence-corrected chi connectivity index (χ0v) is 12.0. The van der Waals surface area contributed by atoms with Crippen molar-refractivity contribution in [3.8, 4) is 0 Å². The van der Waals surface area contributed by atoms with Crippen LogP contribution in [0.5, 0.6) is 0 Å². The van der Waals surface area contributed by atoms with E-state index in [1.807, 2.05) is 0 Å². The van der Waals surface area contributed by atoms with Gasteiger partial charge in [-0.15, -0.1) is 0 Å². The number of carbonyl (C=O) groups is 1. The van der Waals surface area contributed by atoms with Crippen LogP contribution in [-0.2, 0) is 14.8 Å². The Kier molecular flexibility index (Phi) is 6.37. The standard InChI is InChI=1S/C13H18N2O4S/c1-2-19-13(16)11-5-7-12(8-6-11)20(17,18)15-10-4-3-9-14/h3-8,15H,2,9-10,14H2,1H3/b4-3+. The van der Waals surface area contributed by atoms with Gasteiger partial charge in [0.05, 0.1) is 17.1 Å². The molecule has 0 aromatic heterocycles. The van der Waals surface area contributed by atoms with Crippen LogP contribution in [-0.4, -0.2) is 34.1 Å². The maximum absolute atomic E-state index is 11.9. The summed E-state index contributed by atoms with van der Waals surface area (Å²) in [4.78, 5) is 11.5. The van der Waals surface area contributed by atoms with Crippen molar-refractivity contribution in [2.75, 3.05) is 19.7 Å². The van der Waals surface area contributed by atoms with Gasteiger partial charge >= 0.3 is 5.97 Å². The van der Waals surface area contributed by atoms with E-state index in [9.17, 15) is 13.2 Å². The average molecular weight is 298 g/mol. The van der Waals surface area contributed by atoms with Gasteiger partial charge in [0, 0.05) is 13.1 Å². The molecule has 0 amide bonds. The lowest BCUT2D eigenvalue weighted by molar-refractivity contribution is 0.0526. The maximum Gasteiger partial charge on any atom is 0.338 e. The van der Waals surface area contributed by atoms with Gasteiger partial charge in [0.2, 0.25) is 10.0 Å². The minimum absolute atomic E-state index is 0.0895. The summed E-state index contributed by atoms with van der Waals surface area (Å²) in [6, 6.07) is 5.56. The maximum atomic E-state index is 11.9. The molecule has 0 fully saturated rings. The number of hydrogen-bond donors (Lipinski definition) is 2. The van der Waals surface area contributed by atoms with Crippen molar-refractivity contribution < 1.29 is 17.9 Å². The van der Waals surface area contributed by atoms with Gasteiger partial charge in [-0.25, -0.2) is 17.9 Å². The molecule has 20 heavy (non-hydrogen) atoms. The summed E-state index contributed by atoms with van der Waals surface area (Å²) in [6.07, 6.45) is 3.29. The van der Waals surface area contributed by atoms with Crippen LogP contribution in [0.15, 0.2) is 41.3 Å². The van der Waals surface area contributed by atoms with Gasteiger partial charge in [0.25, 0.3) is 0 Å². The Morgan fingerprint density at radius 1 is 1.30 bits per heavy atom. The molecule has 0 aliphatic heterocycles. The Balaban J connectivity index is 2.76. The monoisotopic (exact) mass is 298 g/mol. The lowest BCUT2D eigenvalue weighted by Gasteiger charge is -2.06. The van der Waals surface area contributed by atoms with Gasteiger partial charge in [-0.3, -0.25) is 0 Å². The molecule has 1 rings (SSSR count). The van der Waals surface area contributed by atoms with Gasteiger partial charge in [0.1, 0.15) is 0 Å². The molecule has 0 aliphatic rings. The fraction of sp³-hybridized carbons (Fsp3) is 0.308. The second-order valence-corrected chi connectivity index (χ2v) is 5.57. The Labute approximate surface area is 118 Å². The largest absolute Gasteiger partial charge is 0.462 e. The molecular weight excluding hydrogens is 280 g/mol. The van der Waals surface area contributed by atoms with Gasteiger partial charge in [-0.05, 0) is 31.2 Å². The molecule has 1 aromatic rings. The molecule has 0 aliphatic carbocycles. The van der Waals surface area contributed by atoms with Crippen molar-refractivity contribution in [2.24, 2.45) is 5.73 Å². The highest BCUT2D eigenvalue weighted by Gasteiger charge is 2.14. The number of esters is 1. The Morgan fingerprint density at radius 2 is 1.95 bits per heavy atom. The second kappa shape index (κ2) is 7.78. The summed E-state index contributed by atoms with van der Waals surface area (Å²) in [5, 5.41) is 0. The molecule has 6 nitrogen and oxygen atoms in total. The molecule has 0 bridgehead atoms. The van der Waals surface area contributed by atoms with E-state index in [0.29, 0.717) is 12.1 Å². The molecule has 7 heteroatoms. The molecule has 0 atom stereocenters. The third-order valence-corrected chi connectivity index (χ3v) is 3.81. The van der Waals surface area contributed by atoms with Crippen molar-refractivity contribution in [3.05, 3.63) is 42.0 Å². The SMILES string of the molecule is CCOC(=O)c1ccc(S(=O)(=O)NC/C=C/CN)cc1. The topological polar surface area (TPSA) is 98.5 Å². The minimum Gasteiger partial charge on any atom is -0.462 e. The van der Waals surface area contributed by atoms with Crippen molar-refractivity contribution >= 4 is 16.0 Å². The van der Waals surface area contributed by atoms with E-state index < -0.39 is 16.0 Å². The van der Waals surface area contributed by atoms with E-state index in [1.165, 1.54) is 24.3 Å². The van der Waals surface area contributed by atoms with E-state index >= 15 is 0 Å². The van der Waals surface area contributed by atoms with Crippen molar-refractivity contribution in [3.63, 3.8) is 0 Å². The van der Waals surface area contributed by atoms with Crippen molar-refractivity contribution in [1.29, 1.82) is 0 Å². The second-order valence-electron chi connectivity index (χ2n) is 3.80. The van der Waals surface area contributed by atoms with Gasteiger partial charge in [-0.1, -0.05) is 12.2 Å². The number of benzene rings is 1. The molecule has 0 radical (unpaired) electrons. The first-order valence-corrected chi connectivity index (χ1v) is 7.61. The summed E-state index contributed by atoms with van der Waals surface area (Å²) < 4.78 is 31.0. The number of carbonyl (C=O) groups excluding carboxylic acids is 1. The Hall–Kier alpha value is -1.70. The normalized spacial score (nSPS) is 11.7. The highest BCUT2D eigenvalue weighted by Crippen LogP contribution is 2.11. The van der Waals surface area contributed by atoms with Crippen LogP contribution < -0.4 is 10.5 Å². The first-order chi connectivity index (χ1) is 9.51. The number of hydrogen-bond acceptors (Lipinski definition) is 5. The number of nitrogens with two attached hydrogens (primary N) is 1. The fourth-order valence-electron chi connectivity index (χ4n) is 1.41. The van der Waals surface area contributed by atoms with Crippen LogP contribution in [0.1, 0.15) is 17.3 Å². The van der Waals surface area contributed by atoms with E-state index in [-0.39, 0.29) is 18.0 Å². The van der Waals surface area contributed by atoms with E-state index in [2.05, 4.69) is 4.72 Å². The quantitative estimate of drug-likeness (QED) is 0.569. The lowest BCUT2D eigenvalue weighted by atomic mass is 10.2. The van der Waals surface area contributed by atoms with Gasteiger partial charge < -0.3 is 10.5 Å². The van der Waals surface area contributed by atoms with Crippen LogP contribution >= 0.6 is 0 Å². The number of ether oxygens (including phenoxy) is 1. The van der Waals surface area contributed by atoms with Gasteiger partial charge in [0.15, 0.2) is 0 Å². The molecule has 0 unspecified atom stereocenters. The highest BCUT2D eigenvalue weighted by atomic mass is 32.2. The molecule has 0 heterocycles. The predicted octanol–water partition coefficient (Wildman–Crippen LogP) is 0.657. The zero-order chi connectivity index (χ0) is 15.0. The number of sulfonamides is 1. The molecule has 0 saturated carbocycles. The average Bonchev–Trinajstić information content (AvgIpc) is 2.44. The summed E-state index contributed by atoms with van der Waals surface area (Å²) in [5.74, 6) is -0.477. The summed E-state index contributed by atoms with van der Waals surface area (Å²) in [6.45, 7) is 2.50. The van der Waals surface area contributed by atoms with Crippen molar-refractivity contribution in [2.45, 2.75) is 11.8 Å². The van der Waals surface area contributed by atoms with Crippen LogP contribution in [0.25, 0.3) is 0 Å². The summed E-state index contributed by atoms with van der Waals surface area (Å²) in [7, 11) is -3.59. The van der Waals surface area contributed by atoms with Crippen LogP contribution in [0.4, 0.5) is 0 Å². The number of rotatable bonds is 7. The predicted molar refractivity (Wildman–Crippen MR) is 75.8 cm³/mol. The molecular formula is C13H18N2O4S. The smallest absolute Gasteiger partial charge is 0.338 e. The van der Waals surface area contributed by atoms with Crippen LogP contribution in [0.2, 0.25) is 0 Å². The summed E-state index contributed by atoms with van der Waals surface area (Å²) >= 11 is 0. The molecule has 0 spiro atoms. The highest BCUT2D eigenvalue weighted by molar-refractivity contribution is 7.89. The van der Waals surface area contributed by atoms with E-state index in [4.69, 9.17) is 10.5 Å². The van der Waals surface area contributed by atoms with Crippen LogP contribution in [0, 0.1) is 0 Å². The number of nitrogens with one attached hydrogen (secondary N) is 1. The van der Waals surface area contributed by atoms with Gasteiger partial charge in [-0.2, -0.15) is 0 Å². The first kappa shape index (κ1) is 16.4. The minimum atomic E-state index is -3.59. The third-order valence-electron chi connectivity index (χ3n) is 2.37. The lowest BCUT2D eigenvalue weighted by Crippen LogP contribution is -2.24. The Morgan fingerprint density at radius 3 is 2.50 bits per heavy atom. The summed E-state index contributed by atoms with van der Waals surface area (Å²) in [5.41, 5.74) is 5.56. The van der Waals surface area contributed by atoms with Crippen molar-refractivity contribution in [1.82, 2.24) is 4.72 Å². The molecule has 3 N–H and O–H groups in total. The third kappa shape index (κ3) is 4.76. The molecule has 1 aromatic carbocycles. The molecule has 0 saturated heterocycles. The fourth-order valence-corrected chi connectivity index (χ4v) is 2.38. The van der Waals surface area contributed by atoms with E-state index in [0.717, 1.165) is 0 Å². The van der Waals surface area contributed by atoms with Crippen LogP contribution in [0.3, 0.4) is 0 Å².